The highest BCUT2D eigenvalue weighted by Crippen LogP contribution is 2.29. The number of hydrogen-bond donors (Lipinski definition) is 1. The molecule has 23 heavy (non-hydrogen) atoms. The normalized spacial score (nSPS) is 10.0. The fourth-order valence-corrected chi connectivity index (χ4v) is 2.09. The van der Waals surface area contributed by atoms with E-state index in [1.807, 2.05) is 31.2 Å². The van der Waals surface area contributed by atoms with Crippen LogP contribution in [0.25, 0.3) is 0 Å². The van der Waals surface area contributed by atoms with Crippen LogP contribution in [0, 0.1) is 6.92 Å². The number of methoxy groups -OCH3 is 2. The molecule has 0 saturated heterocycles. The lowest BCUT2D eigenvalue weighted by atomic mass is 10.2. The van der Waals surface area contributed by atoms with Gasteiger partial charge in [-0.25, -0.2) is 0 Å². The van der Waals surface area contributed by atoms with Crippen molar-refractivity contribution >= 4 is 11.6 Å². The number of anilines is 1. The van der Waals surface area contributed by atoms with Crippen LogP contribution in [0.4, 0.5) is 5.69 Å². The van der Waals surface area contributed by atoms with Crippen LogP contribution in [-0.4, -0.2) is 26.7 Å². The molecule has 1 amide bonds. The number of carbonyl (C=O) groups is 1. The molecule has 0 bridgehead atoms. The first-order valence-electron chi connectivity index (χ1n) is 7.34. The Balaban J connectivity index is 1.89. The summed E-state index contributed by atoms with van der Waals surface area (Å²) < 4.78 is 16.0. The van der Waals surface area contributed by atoms with Gasteiger partial charge < -0.3 is 19.5 Å². The first kappa shape index (κ1) is 16.7. The second kappa shape index (κ2) is 8.08. The molecule has 122 valence electrons. The van der Waals surface area contributed by atoms with Crippen molar-refractivity contribution in [2.75, 3.05) is 26.1 Å². The molecule has 1 N–H and O–H groups in total. The minimum Gasteiger partial charge on any atom is -0.497 e. The van der Waals surface area contributed by atoms with Crippen molar-refractivity contribution in [3.63, 3.8) is 0 Å². The van der Waals surface area contributed by atoms with E-state index in [1.54, 1.807) is 32.4 Å². The highest BCUT2D eigenvalue weighted by molar-refractivity contribution is 5.92. The number of aryl methyl sites for hydroxylation is 1. The molecule has 5 heteroatoms. The second-order valence-corrected chi connectivity index (χ2v) is 4.98. The number of para-hydroxylation sites is 1. The number of ether oxygens (including phenoxy) is 3. The minimum atomic E-state index is -0.137. The number of rotatable bonds is 7. The lowest BCUT2D eigenvalue weighted by Gasteiger charge is -2.12. The Morgan fingerprint density at radius 3 is 2.52 bits per heavy atom. The molecular formula is C18H21NO4. The van der Waals surface area contributed by atoms with E-state index in [1.165, 1.54) is 0 Å². The summed E-state index contributed by atoms with van der Waals surface area (Å²) in [6, 6.07) is 13.0. The van der Waals surface area contributed by atoms with Gasteiger partial charge >= 0.3 is 0 Å². The molecule has 0 aliphatic heterocycles. The maximum absolute atomic E-state index is 12.0. The maximum atomic E-state index is 12.0. The first-order chi connectivity index (χ1) is 11.1. The topological polar surface area (TPSA) is 56.8 Å². The Bertz CT molecular complexity index is 670. The van der Waals surface area contributed by atoms with Crippen molar-refractivity contribution < 1.29 is 19.0 Å². The van der Waals surface area contributed by atoms with Crippen LogP contribution in [0.5, 0.6) is 17.2 Å². The van der Waals surface area contributed by atoms with Crippen molar-refractivity contribution in [2.24, 2.45) is 0 Å². The van der Waals surface area contributed by atoms with Gasteiger partial charge in [0.1, 0.15) is 17.2 Å². The van der Waals surface area contributed by atoms with Crippen molar-refractivity contribution in [2.45, 2.75) is 13.3 Å². The second-order valence-electron chi connectivity index (χ2n) is 4.98. The van der Waals surface area contributed by atoms with Crippen LogP contribution < -0.4 is 19.5 Å². The summed E-state index contributed by atoms with van der Waals surface area (Å²) in [5.41, 5.74) is 1.65. The predicted octanol–water partition coefficient (Wildman–Crippen LogP) is 3.42. The number of amides is 1. The fourth-order valence-electron chi connectivity index (χ4n) is 2.09. The summed E-state index contributed by atoms with van der Waals surface area (Å²) in [7, 11) is 3.13. The fraction of sp³-hybridized carbons (Fsp3) is 0.278. The third-order valence-electron chi connectivity index (χ3n) is 3.36. The van der Waals surface area contributed by atoms with Gasteiger partial charge in [0.25, 0.3) is 0 Å². The molecule has 0 aromatic heterocycles. The predicted molar refractivity (Wildman–Crippen MR) is 89.5 cm³/mol. The van der Waals surface area contributed by atoms with Crippen molar-refractivity contribution in [1.82, 2.24) is 0 Å². The molecule has 2 aromatic rings. The lowest BCUT2D eigenvalue weighted by Crippen LogP contribution is -2.16. The molecule has 0 unspecified atom stereocenters. The van der Waals surface area contributed by atoms with E-state index in [2.05, 4.69) is 5.32 Å². The van der Waals surface area contributed by atoms with E-state index in [9.17, 15) is 4.79 Å². The van der Waals surface area contributed by atoms with E-state index in [0.29, 0.717) is 23.8 Å². The van der Waals surface area contributed by atoms with E-state index < -0.39 is 0 Å². The molecule has 0 fully saturated rings. The molecule has 0 atom stereocenters. The molecule has 2 rings (SSSR count). The van der Waals surface area contributed by atoms with E-state index in [0.717, 1.165) is 11.3 Å². The number of nitrogens with one attached hydrogen (secondary N) is 1. The van der Waals surface area contributed by atoms with E-state index >= 15 is 0 Å². The third-order valence-corrected chi connectivity index (χ3v) is 3.36. The van der Waals surface area contributed by atoms with Gasteiger partial charge in [-0.05, 0) is 30.7 Å². The Morgan fingerprint density at radius 1 is 1.04 bits per heavy atom. The standard InChI is InChI=1S/C18H21NO4/c1-13-6-4-5-7-16(13)23-11-10-18(20)19-15-9-8-14(21-2)12-17(15)22-3/h4-9,12H,10-11H2,1-3H3,(H,19,20). The Kier molecular flexibility index (Phi) is 5.86. The monoisotopic (exact) mass is 315 g/mol. The number of hydrogen-bond acceptors (Lipinski definition) is 4. The van der Waals surface area contributed by atoms with Gasteiger partial charge in [-0.1, -0.05) is 18.2 Å². The smallest absolute Gasteiger partial charge is 0.227 e. The zero-order chi connectivity index (χ0) is 16.7. The molecule has 5 nitrogen and oxygen atoms in total. The van der Waals surface area contributed by atoms with Gasteiger partial charge in [-0.3, -0.25) is 4.79 Å². The van der Waals surface area contributed by atoms with Gasteiger partial charge in [0, 0.05) is 6.07 Å². The highest BCUT2D eigenvalue weighted by Gasteiger charge is 2.09. The average Bonchev–Trinajstić information content (AvgIpc) is 2.57. The summed E-state index contributed by atoms with van der Waals surface area (Å²) in [5.74, 6) is 1.88. The van der Waals surface area contributed by atoms with Crippen LogP contribution >= 0.6 is 0 Å². The van der Waals surface area contributed by atoms with E-state index in [4.69, 9.17) is 14.2 Å². The zero-order valence-corrected chi connectivity index (χ0v) is 13.6. The van der Waals surface area contributed by atoms with Crippen LogP contribution in [-0.2, 0) is 4.79 Å². The molecule has 0 saturated carbocycles. The molecule has 0 aliphatic carbocycles. The van der Waals surface area contributed by atoms with Gasteiger partial charge in [0.2, 0.25) is 5.91 Å². The number of benzene rings is 2. The van der Waals surface area contributed by atoms with Crippen molar-refractivity contribution in [1.29, 1.82) is 0 Å². The first-order valence-corrected chi connectivity index (χ1v) is 7.34. The third kappa shape index (κ3) is 4.64. The summed E-state index contributed by atoms with van der Waals surface area (Å²) in [6.07, 6.45) is 0.253. The highest BCUT2D eigenvalue weighted by atomic mass is 16.5. The largest absolute Gasteiger partial charge is 0.497 e. The van der Waals surface area contributed by atoms with Gasteiger partial charge in [0.05, 0.1) is 32.9 Å². The van der Waals surface area contributed by atoms with Crippen LogP contribution in [0.15, 0.2) is 42.5 Å². The van der Waals surface area contributed by atoms with Crippen molar-refractivity contribution in [3.8, 4) is 17.2 Å². The zero-order valence-electron chi connectivity index (χ0n) is 13.6. The maximum Gasteiger partial charge on any atom is 0.227 e. The molecular weight excluding hydrogens is 294 g/mol. The molecule has 0 heterocycles. The average molecular weight is 315 g/mol. The van der Waals surface area contributed by atoms with Gasteiger partial charge in [0.15, 0.2) is 0 Å². The molecule has 0 spiro atoms. The summed E-state index contributed by atoms with van der Waals surface area (Å²) in [5, 5.41) is 2.81. The quantitative estimate of drug-likeness (QED) is 0.850. The van der Waals surface area contributed by atoms with Crippen LogP contribution in [0.1, 0.15) is 12.0 Å². The summed E-state index contributed by atoms with van der Waals surface area (Å²) in [6.45, 7) is 2.28. The van der Waals surface area contributed by atoms with Gasteiger partial charge in [-0.2, -0.15) is 0 Å². The van der Waals surface area contributed by atoms with Crippen LogP contribution in [0.3, 0.4) is 0 Å². The Morgan fingerprint density at radius 2 is 1.83 bits per heavy atom. The van der Waals surface area contributed by atoms with E-state index in [-0.39, 0.29) is 12.3 Å². The van der Waals surface area contributed by atoms with Gasteiger partial charge in [-0.15, -0.1) is 0 Å². The van der Waals surface area contributed by atoms with Crippen molar-refractivity contribution in [3.05, 3.63) is 48.0 Å². The summed E-state index contributed by atoms with van der Waals surface area (Å²) >= 11 is 0. The Labute approximate surface area is 136 Å². The lowest BCUT2D eigenvalue weighted by molar-refractivity contribution is -0.116. The molecule has 0 aliphatic rings. The SMILES string of the molecule is COc1ccc(NC(=O)CCOc2ccccc2C)c(OC)c1. The number of carbonyl (C=O) groups excluding carboxylic acids is 1. The van der Waals surface area contributed by atoms with Crippen LogP contribution in [0.2, 0.25) is 0 Å². The molecule has 2 aromatic carbocycles. The molecule has 0 radical (unpaired) electrons. The minimum absolute atomic E-state index is 0.137. The Hall–Kier alpha value is -2.69. The summed E-state index contributed by atoms with van der Waals surface area (Å²) in [4.78, 5) is 12.0.